The molecule has 0 aromatic heterocycles. The standard InChI is InChI=1S/C22H23ClN2O6/c1-13-19(22(21(26)27,31-25(28)29)15-5-3-2-4-6-15)18-12-30-20(17(18)11-24-13)14-7-9-16(23)10-8-14/h7-12,15,20,24H,2-6H2,1H3,(H,26,27)/t20-,22-/m0/s1. The van der Waals surface area contributed by atoms with E-state index in [1.165, 1.54) is 6.26 Å². The third-order valence-electron chi connectivity index (χ3n) is 6.26. The summed E-state index contributed by atoms with van der Waals surface area (Å²) < 4.78 is 5.91. The van der Waals surface area contributed by atoms with E-state index in [1.807, 2.05) is 12.1 Å². The van der Waals surface area contributed by atoms with Gasteiger partial charge in [0.2, 0.25) is 5.60 Å². The zero-order valence-corrected chi connectivity index (χ0v) is 17.7. The number of nitrogens with one attached hydrogen (secondary N) is 1. The molecule has 2 heterocycles. The van der Waals surface area contributed by atoms with Crippen molar-refractivity contribution >= 4 is 17.6 Å². The lowest BCUT2D eigenvalue weighted by Gasteiger charge is -2.41. The lowest BCUT2D eigenvalue weighted by atomic mass is 9.69. The molecule has 1 aromatic carbocycles. The summed E-state index contributed by atoms with van der Waals surface area (Å²) in [5, 5.41) is 24.5. The fourth-order valence-electron chi connectivity index (χ4n) is 4.88. The number of hydrogen-bond acceptors (Lipinski definition) is 6. The minimum atomic E-state index is -2.12. The van der Waals surface area contributed by atoms with Gasteiger partial charge in [0.1, 0.15) is 0 Å². The smallest absolute Gasteiger partial charge is 0.341 e. The minimum Gasteiger partial charge on any atom is -0.488 e. The molecule has 3 aliphatic rings. The summed E-state index contributed by atoms with van der Waals surface area (Å²) in [6.45, 7) is 1.70. The molecule has 8 nitrogen and oxygen atoms in total. The Morgan fingerprint density at radius 1 is 1.29 bits per heavy atom. The van der Waals surface area contributed by atoms with Gasteiger partial charge in [0, 0.05) is 39.6 Å². The van der Waals surface area contributed by atoms with Crippen LogP contribution in [-0.4, -0.2) is 21.8 Å². The quantitative estimate of drug-likeness (QED) is 0.482. The highest BCUT2D eigenvalue weighted by atomic mass is 35.5. The number of carboxylic acids is 1. The number of halogens is 1. The number of allylic oxidation sites excluding steroid dienone is 1. The summed E-state index contributed by atoms with van der Waals surface area (Å²) in [4.78, 5) is 29.3. The van der Waals surface area contributed by atoms with Crippen LogP contribution in [0.4, 0.5) is 0 Å². The molecule has 2 aliphatic heterocycles. The largest absolute Gasteiger partial charge is 0.488 e. The second kappa shape index (κ2) is 8.26. The molecule has 1 saturated carbocycles. The maximum absolute atomic E-state index is 12.7. The number of carbonyl (C=O) groups is 1. The molecule has 0 unspecified atom stereocenters. The van der Waals surface area contributed by atoms with Gasteiger partial charge in [-0.25, -0.2) is 4.79 Å². The summed E-state index contributed by atoms with van der Waals surface area (Å²) in [6, 6.07) is 7.15. The van der Waals surface area contributed by atoms with Crippen molar-refractivity contribution in [2.45, 2.75) is 50.7 Å². The molecule has 0 saturated heterocycles. The Balaban J connectivity index is 1.79. The zero-order chi connectivity index (χ0) is 22.2. The molecule has 1 fully saturated rings. The summed E-state index contributed by atoms with van der Waals surface area (Å²) in [5.41, 5.74) is 0.645. The first-order chi connectivity index (χ1) is 14.8. The highest BCUT2D eigenvalue weighted by Crippen LogP contribution is 2.50. The lowest BCUT2D eigenvalue weighted by molar-refractivity contribution is -0.776. The van der Waals surface area contributed by atoms with E-state index in [4.69, 9.17) is 21.2 Å². The number of rotatable bonds is 6. The molecule has 1 aliphatic carbocycles. The minimum absolute atomic E-state index is 0.248. The van der Waals surface area contributed by atoms with Crippen LogP contribution in [0.25, 0.3) is 0 Å². The molecular weight excluding hydrogens is 424 g/mol. The fraction of sp³-hybridized carbons (Fsp3) is 0.409. The molecule has 31 heavy (non-hydrogen) atoms. The van der Waals surface area contributed by atoms with E-state index >= 15 is 0 Å². The molecular formula is C22H23ClN2O6. The Bertz CT molecular complexity index is 994. The van der Waals surface area contributed by atoms with E-state index in [9.17, 15) is 20.0 Å². The monoisotopic (exact) mass is 446 g/mol. The van der Waals surface area contributed by atoms with Gasteiger partial charge in [-0.3, -0.25) is 4.84 Å². The second-order valence-corrected chi connectivity index (χ2v) is 8.47. The first kappa shape index (κ1) is 21.2. The van der Waals surface area contributed by atoms with Crippen LogP contribution in [0.3, 0.4) is 0 Å². The molecule has 2 N–H and O–H groups in total. The number of ether oxygens (including phenoxy) is 1. The third kappa shape index (κ3) is 3.65. The van der Waals surface area contributed by atoms with Crippen molar-refractivity contribution in [3.05, 3.63) is 79.8 Å². The van der Waals surface area contributed by atoms with Gasteiger partial charge < -0.3 is 15.2 Å². The highest BCUT2D eigenvalue weighted by molar-refractivity contribution is 6.30. The van der Waals surface area contributed by atoms with E-state index in [-0.39, 0.29) is 5.57 Å². The van der Waals surface area contributed by atoms with Crippen LogP contribution < -0.4 is 5.32 Å². The van der Waals surface area contributed by atoms with Crippen LogP contribution in [-0.2, 0) is 14.4 Å². The van der Waals surface area contributed by atoms with E-state index in [0.29, 0.717) is 34.7 Å². The van der Waals surface area contributed by atoms with Crippen LogP contribution in [0.5, 0.6) is 0 Å². The van der Waals surface area contributed by atoms with Gasteiger partial charge in [-0.1, -0.05) is 43.0 Å². The number of aliphatic carboxylic acids is 1. The Morgan fingerprint density at radius 3 is 2.58 bits per heavy atom. The third-order valence-corrected chi connectivity index (χ3v) is 6.52. The van der Waals surface area contributed by atoms with Crippen molar-refractivity contribution < 1.29 is 24.6 Å². The second-order valence-electron chi connectivity index (χ2n) is 8.03. The Kier molecular flexibility index (Phi) is 5.66. The predicted molar refractivity (Wildman–Crippen MR) is 112 cm³/mol. The normalized spacial score (nSPS) is 23.0. The van der Waals surface area contributed by atoms with Gasteiger partial charge in [-0.05, 0) is 37.5 Å². The number of nitrogens with zero attached hydrogens (tertiary/aromatic N) is 1. The van der Waals surface area contributed by atoms with Crippen LogP contribution in [0.15, 0.2) is 59.1 Å². The molecule has 0 radical (unpaired) electrons. The Hall–Kier alpha value is -3.00. The number of dihydropyridines is 1. The summed E-state index contributed by atoms with van der Waals surface area (Å²) in [6.07, 6.45) is 6.37. The number of fused-ring (bicyclic) bond motifs is 1. The Labute approximate surface area is 184 Å². The molecule has 1 aromatic rings. The van der Waals surface area contributed by atoms with Crippen molar-refractivity contribution in [3.63, 3.8) is 0 Å². The number of carboxylic acid groups (broad SMARTS) is 1. The summed E-state index contributed by atoms with van der Waals surface area (Å²) >= 11 is 5.99. The van der Waals surface area contributed by atoms with Gasteiger partial charge >= 0.3 is 5.97 Å². The van der Waals surface area contributed by atoms with E-state index < -0.39 is 28.7 Å². The molecule has 0 bridgehead atoms. The summed E-state index contributed by atoms with van der Waals surface area (Å²) in [5.74, 6) is -1.91. The van der Waals surface area contributed by atoms with Crippen LogP contribution in [0.2, 0.25) is 5.02 Å². The molecule has 9 heteroatoms. The average Bonchev–Trinajstić information content (AvgIpc) is 3.17. The summed E-state index contributed by atoms with van der Waals surface area (Å²) in [7, 11) is 0. The van der Waals surface area contributed by atoms with Crippen molar-refractivity contribution in [1.29, 1.82) is 0 Å². The van der Waals surface area contributed by atoms with Crippen LogP contribution >= 0.6 is 11.6 Å². The van der Waals surface area contributed by atoms with Gasteiger partial charge in [0.25, 0.3) is 5.09 Å². The maximum atomic E-state index is 12.7. The Morgan fingerprint density at radius 2 is 1.97 bits per heavy atom. The molecule has 0 spiro atoms. The van der Waals surface area contributed by atoms with Gasteiger partial charge in [0.05, 0.1) is 6.26 Å². The molecule has 2 atom stereocenters. The topological polar surface area (TPSA) is 111 Å². The first-order valence-corrected chi connectivity index (χ1v) is 10.6. The lowest BCUT2D eigenvalue weighted by Crippen LogP contribution is -2.53. The molecule has 4 rings (SSSR count). The van der Waals surface area contributed by atoms with E-state index in [0.717, 1.165) is 24.8 Å². The van der Waals surface area contributed by atoms with Crippen molar-refractivity contribution in [2.75, 3.05) is 0 Å². The van der Waals surface area contributed by atoms with Crippen molar-refractivity contribution in [2.24, 2.45) is 5.92 Å². The number of hydrogen-bond donors (Lipinski definition) is 2. The number of benzene rings is 1. The first-order valence-electron chi connectivity index (χ1n) is 10.2. The van der Waals surface area contributed by atoms with Crippen LogP contribution in [0.1, 0.15) is 50.7 Å². The van der Waals surface area contributed by atoms with Gasteiger partial charge in [-0.15, -0.1) is 10.1 Å². The van der Waals surface area contributed by atoms with Gasteiger partial charge in [-0.2, -0.15) is 0 Å². The van der Waals surface area contributed by atoms with Crippen molar-refractivity contribution in [1.82, 2.24) is 5.32 Å². The van der Waals surface area contributed by atoms with Crippen molar-refractivity contribution in [3.8, 4) is 0 Å². The predicted octanol–water partition coefficient (Wildman–Crippen LogP) is 4.67. The highest BCUT2D eigenvalue weighted by Gasteiger charge is 2.56. The average molecular weight is 447 g/mol. The van der Waals surface area contributed by atoms with Crippen LogP contribution in [0, 0.1) is 16.0 Å². The molecule has 164 valence electrons. The van der Waals surface area contributed by atoms with E-state index in [2.05, 4.69) is 5.32 Å². The SMILES string of the molecule is CC1=C([C@](O[N+](=O)[O-])(C(=O)O)C2CCCCC2)C2=CO[C@@H](c3ccc(Cl)cc3)C2=CN1. The van der Waals surface area contributed by atoms with E-state index in [1.54, 1.807) is 25.3 Å². The maximum Gasteiger partial charge on any atom is 0.341 e. The zero-order valence-electron chi connectivity index (χ0n) is 17.0. The molecule has 0 amide bonds. The van der Waals surface area contributed by atoms with Gasteiger partial charge in [0.15, 0.2) is 6.10 Å². The fourth-order valence-corrected chi connectivity index (χ4v) is 5.01.